The Morgan fingerprint density at radius 1 is 1.19 bits per heavy atom. The molecule has 0 unspecified atom stereocenters. The number of benzene rings is 2. The molecule has 2 aliphatic rings. The lowest BCUT2D eigenvalue weighted by Gasteiger charge is -2.29. The summed E-state index contributed by atoms with van der Waals surface area (Å²) < 4.78 is 39.3. The number of fused-ring (bicyclic) bond motifs is 1. The summed E-state index contributed by atoms with van der Waals surface area (Å²) in [5.74, 6) is 1.37. The highest BCUT2D eigenvalue weighted by atomic mass is 32.2. The Kier molecular flexibility index (Phi) is 4.66. The number of carbonyl (C=O) groups excluding carboxylic acids is 1. The molecule has 3 aromatic rings. The van der Waals surface area contributed by atoms with Crippen molar-refractivity contribution < 1.29 is 22.5 Å². The first kappa shape index (κ1) is 19.6. The van der Waals surface area contributed by atoms with Crippen LogP contribution in [0.2, 0.25) is 0 Å². The van der Waals surface area contributed by atoms with E-state index in [1.807, 2.05) is 0 Å². The smallest absolute Gasteiger partial charge is 0.265 e. The SMILES string of the molecule is Cc1cc2c(cc1S(=O)(=O)Nc1ccccc1)OCC(=O)N2Cc1noc(C2CC2)n1. The van der Waals surface area contributed by atoms with Gasteiger partial charge < -0.3 is 9.26 Å². The van der Waals surface area contributed by atoms with E-state index < -0.39 is 10.0 Å². The van der Waals surface area contributed by atoms with E-state index in [2.05, 4.69) is 14.9 Å². The molecule has 1 aliphatic heterocycles. The third kappa shape index (κ3) is 3.86. The second kappa shape index (κ2) is 7.38. The summed E-state index contributed by atoms with van der Waals surface area (Å²) in [6.07, 6.45) is 2.07. The van der Waals surface area contributed by atoms with Crippen molar-refractivity contribution in [1.82, 2.24) is 10.1 Å². The fourth-order valence-electron chi connectivity index (χ4n) is 3.48. The maximum atomic E-state index is 12.9. The van der Waals surface area contributed by atoms with Crippen LogP contribution in [0.1, 0.15) is 36.0 Å². The summed E-state index contributed by atoms with van der Waals surface area (Å²) in [6.45, 7) is 1.60. The zero-order valence-electron chi connectivity index (χ0n) is 16.7. The molecule has 31 heavy (non-hydrogen) atoms. The van der Waals surface area contributed by atoms with Gasteiger partial charge in [-0.25, -0.2) is 8.42 Å². The lowest BCUT2D eigenvalue weighted by molar-refractivity contribution is -0.121. The molecule has 0 atom stereocenters. The van der Waals surface area contributed by atoms with E-state index in [0.717, 1.165) is 12.8 Å². The van der Waals surface area contributed by atoms with E-state index in [9.17, 15) is 13.2 Å². The maximum absolute atomic E-state index is 12.9. The molecule has 1 aliphatic carbocycles. The Labute approximate surface area is 179 Å². The summed E-state index contributed by atoms with van der Waals surface area (Å²) in [4.78, 5) is 18.5. The highest BCUT2D eigenvalue weighted by Crippen LogP contribution is 2.40. The van der Waals surface area contributed by atoms with Crippen LogP contribution in [-0.2, 0) is 21.4 Å². The van der Waals surface area contributed by atoms with Gasteiger partial charge in [-0.15, -0.1) is 0 Å². The molecule has 0 bridgehead atoms. The first-order valence-electron chi connectivity index (χ1n) is 9.89. The third-order valence-electron chi connectivity index (χ3n) is 5.22. The Morgan fingerprint density at radius 2 is 1.97 bits per heavy atom. The summed E-state index contributed by atoms with van der Waals surface area (Å²) >= 11 is 0. The Hall–Kier alpha value is -3.40. The first-order valence-corrected chi connectivity index (χ1v) is 11.4. The molecule has 1 aromatic heterocycles. The van der Waals surface area contributed by atoms with Crippen LogP contribution in [-0.4, -0.2) is 31.1 Å². The molecule has 0 saturated heterocycles. The second-order valence-corrected chi connectivity index (χ2v) is 9.30. The summed E-state index contributed by atoms with van der Waals surface area (Å²) in [5, 5.41) is 3.98. The van der Waals surface area contributed by atoms with Crippen molar-refractivity contribution in [2.45, 2.75) is 37.1 Å². The van der Waals surface area contributed by atoms with Crippen molar-refractivity contribution in [3.63, 3.8) is 0 Å². The number of rotatable bonds is 6. The number of sulfonamides is 1. The fourth-order valence-corrected chi connectivity index (χ4v) is 4.78. The van der Waals surface area contributed by atoms with Crippen LogP contribution in [0.5, 0.6) is 5.75 Å². The molecule has 9 nitrogen and oxygen atoms in total. The van der Waals surface area contributed by atoms with Gasteiger partial charge in [0, 0.05) is 17.7 Å². The van der Waals surface area contributed by atoms with Crippen LogP contribution in [0.4, 0.5) is 11.4 Å². The normalized spacial score (nSPS) is 16.0. The minimum absolute atomic E-state index is 0.0833. The predicted octanol–water partition coefficient (Wildman–Crippen LogP) is 2.98. The van der Waals surface area contributed by atoms with E-state index in [0.29, 0.717) is 40.3 Å². The molecule has 2 aromatic carbocycles. The molecule has 0 spiro atoms. The Morgan fingerprint density at radius 3 is 2.71 bits per heavy atom. The largest absolute Gasteiger partial charge is 0.482 e. The molecule has 0 radical (unpaired) electrons. The van der Waals surface area contributed by atoms with Crippen molar-refractivity contribution in [2.75, 3.05) is 16.2 Å². The number of nitrogens with one attached hydrogen (secondary N) is 1. The predicted molar refractivity (Wildman–Crippen MR) is 111 cm³/mol. The van der Waals surface area contributed by atoms with E-state index in [4.69, 9.17) is 9.26 Å². The maximum Gasteiger partial charge on any atom is 0.265 e. The van der Waals surface area contributed by atoms with Gasteiger partial charge in [-0.3, -0.25) is 14.4 Å². The molecular formula is C21H20N4O5S. The molecule has 160 valence electrons. The number of amides is 1. The molecular weight excluding hydrogens is 420 g/mol. The Balaban J connectivity index is 1.45. The van der Waals surface area contributed by atoms with Gasteiger partial charge in [0.15, 0.2) is 12.4 Å². The van der Waals surface area contributed by atoms with Crippen LogP contribution in [0, 0.1) is 6.92 Å². The van der Waals surface area contributed by atoms with Crippen molar-refractivity contribution in [3.05, 3.63) is 59.7 Å². The molecule has 2 heterocycles. The van der Waals surface area contributed by atoms with Gasteiger partial charge in [0.2, 0.25) is 5.89 Å². The van der Waals surface area contributed by atoms with Crippen molar-refractivity contribution in [1.29, 1.82) is 0 Å². The number of carbonyl (C=O) groups is 1. The number of hydrogen-bond acceptors (Lipinski definition) is 7. The minimum atomic E-state index is -3.84. The highest BCUT2D eigenvalue weighted by Gasteiger charge is 2.32. The zero-order valence-corrected chi connectivity index (χ0v) is 17.6. The summed E-state index contributed by atoms with van der Waals surface area (Å²) in [5.41, 5.74) is 1.42. The molecule has 1 saturated carbocycles. The standard InChI is InChI=1S/C21H20N4O5S/c1-13-9-16-17(10-18(13)31(27,28)24-15-5-3-2-4-6-15)29-12-20(26)25(16)11-19-22-21(30-23-19)14-7-8-14/h2-6,9-10,14,24H,7-8,11-12H2,1H3. The van der Waals surface area contributed by atoms with Crippen LogP contribution in [0.3, 0.4) is 0 Å². The van der Waals surface area contributed by atoms with Crippen LogP contribution in [0.25, 0.3) is 0 Å². The summed E-state index contributed by atoms with van der Waals surface area (Å²) in [6, 6.07) is 11.7. The van der Waals surface area contributed by atoms with Crippen LogP contribution in [0.15, 0.2) is 51.9 Å². The molecule has 1 fully saturated rings. The molecule has 5 rings (SSSR count). The summed E-state index contributed by atoms with van der Waals surface area (Å²) in [7, 11) is -3.84. The first-order chi connectivity index (χ1) is 14.9. The van der Waals surface area contributed by atoms with E-state index in [1.54, 1.807) is 43.3 Å². The topological polar surface area (TPSA) is 115 Å². The van der Waals surface area contributed by atoms with E-state index in [1.165, 1.54) is 11.0 Å². The van der Waals surface area contributed by atoms with Crippen molar-refractivity contribution in [3.8, 4) is 5.75 Å². The number of hydrogen-bond donors (Lipinski definition) is 1. The van der Waals surface area contributed by atoms with Crippen LogP contribution >= 0.6 is 0 Å². The van der Waals surface area contributed by atoms with Gasteiger partial charge in [0.05, 0.1) is 17.1 Å². The number of ether oxygens (including phenoxy) is 1. The lowest BCUT2D eigenvalue weighted by atomic mass is 10.1. The highest BCUT2D eigenvalue weighted by molar-refractivity contribution is 7.92. The molecule has 1 amide bonds. The number of nitrogens with zero attached hydrogens (tertiary/aromatic N) is 3. The molecule has 10 heteroatoms. The average molecular weight is 440 g/mol. The van der Waals surface area contributed by atoms with Gasteiger partial charge in [0.25, 0.3) is 15.9 Å². The number of aryl methyl sites for hydroxylation is 1. The van der Waals surface area contributed by atoms with Gasteiger partial charge in [-0.2, -0.15) is 4.98 Å². The number of aromatic nitrogens is 2. The zero-order chi connectivity index (χ0) is 21.6. The second-order valence-electron chi connectivity index (χ2n) is 7.65. The Bertz CT molecular complexity index is 1250. The number of para-hydroxylation sites is 1. The fraction of sp³-hybridized carbons (Fsp3) is 0.286. The van der Waals surface area contributed by atoms with E-state index in [-0.39, 0.29) is 24.0 Å². The van der Waals surface area contributed by atoms with Crippen LogP contribution < -0.4 is 14.4 Å². The minimum Gasteiger partial charge on any atom is -0.482 e. The average Bonchev–Trinajstić information content (AvgIpc) is 3.49. The van der Waals surface area contributed by atoms with E-state index >= 15 is 0 Å². The van der Waals surface area contributed by atoms with Gasteiger partial charge in [0.1, 0.15) is 5.75 Å². The number of anilines is 2. The molecule has 1 N–H and O–H groups in total. The van der Waals surface area contributed by atoms with Gasteiger partial charge >= 0.3 is 0 Å². The monoisotopic (exact) mass is 440 g/mol. The third-order valence-corrected chi connectivity index (χ3v) is 6.75. The van der Waals surface area contributed by atoms with Crippen molar-refractivity contribution in [2.24, 2.45) is 0 Å². The quantitative estimate of drug-likeness (QED) is 0.627. The van der Waals surface area contributed by atoms with Crippen molar-refractivity contribution >= 4 is 27.3 Å². The van der Waals surface area contributed by atoms with Gasteiger partial charge in [-0.05, 0) is 43.5 Å². The lowest BCUT2D eigenvalue weighted by Crippen LogP contribution is -2.38. The van der Waals surface area contributed by atoms with Gasteiger partial charge in [-0.1, -0.05) is 23.4 Å².